The summed E-state index contributed by atoms with van der Waals surface area (Å²) < 4.78 is 53.5. The van der Waals surface area contributed by atoms with Crippen LogP contribution in [0.4, 0.5) is 0 Å². The van der Waals surface area contributed by atoms with Crippen LogP contribution in [0.1, 0.15) is 18.4 Å². The number of hydrogen-bond acceptors (Lipinski definition) is 6. The topological polar surface area (TPSA) is 107 Å². The van der Waals surface area contributed by atoms with E-state index in [-0.39, 0.29) is 24.3 Å². The first-order valence-corrected chi connectivity index (χ1v) is 11.1. The van der Waals surface area contributed by atoms with Crippen LogP contribution in [0.15, 0.2) is 30.3 Å². The summed E-state index contributed by atoms with van der Waals surface area (Å²) in [5.74, 6) is -1.03. The fourth-order valence-electron chi connectivity index (χ4n) is 2.16. The van der Waals surface area contributed by atoms with E-state index in [1.165, 1.54) is 7.11 Å². The molecule has 0 heterocycles. The third-order valence-corrected chi connectivity index (χ3v) is 5.79. The highest BCUT2D eigenvalue weighted by Crippen LogP contribution is 2.08. The largest absolute Gasteiger partial charge is 0.469 e. The lowest BCUT2D eigenvalue weighted by molar-refractivity contribution is -0.141. The van der Waals surface area contributed by atoms with Crippen molar-refractivity contribution in [2.75, 3.05) is 24.9 Å². The summed E-state index contributed by atoms with van der Waals surface area (Å²) in [4.78, 5) is 11.5. The van der Waals surface area contributed by atoms with Crippen LogP contribution in [0.3, 0.4) is 0 Å². The Kier molecular flexibility index (Phi) is 7.85. The molecule has 0 radical (unpaired) electrons. The lowest BCUT2D eigenvalue weighted by atomic mass is 10.0. The predicted octanol–water partition coefficient (Wildman–Crippen LogP) is 0.515. The Bertz CT molecular complexity index is 728. The molecule has 1 N–H and O–H groups in total. The van der Waals surface area contributed by atoms with E-state index < -0.39 is 31.9 Å². The molecule has 0 fully saturated rings. The van der Waals surface area contributed by atoms with Gasteiger partial charge in [-0.15, -0.1) is 0 Å². The van der Waals surface area contributed by atoms with Crippen molar-refractivity contribution >= 4 is 25.8 Å². The van der Waals surface area contributed by atoms with E-state index in [9.17, 15) is 21.6 Å². The molecule has 1 rings (SSSR count). The van der Waals surface area contributed by atoms with Crippen LogP contribution in [-0.4, -0.2) is 53.7 Å². The van der Waals surface area contributed by atoms with Crippen molar-refractivity contribution in [2.24, 2.45) is 0 Å². The number of sulfonamides is 1. The molecule has 0 aromatic heterocycles. The number of sulfone groups is 1. The molecular formula is C15H23NO6S2. The van der Waals surface area contributed by atoms with Gasteiger partial charge in [0.1, 0.15) is 9.84 Å². The molecule has 1 atom stereocenters. The molecule has 0 bridgehead atoms. The van der Waals surface area contributed by atoms with Gasteiger partial charge in [0.15, 0.2) is 0 Å². The standard InChI is InChI=1S/C15H23NO6S2/c1-22-15(17)12-14(11-13-7-4-3-5-8-13)16-24(20,21)10-6-9-23(2,18)19/h3-5,7-8,14,16H,6,9-12H2,1-2H3. The second kappa shape index (κ2) is 9.14. The summed E-state index contributed by atoms with van der Waals surface area (Å²) in [7, 11) is -5.67. The van der Waals surface area contributed by atoms with Gasteiger partial charge in [-0.3, -0.25) is 4.79 Å². The molecule has 1 aromatic carbocycles. The molecule has 0 aliphatic heterocycles. The van der Waals surface area contributed by atoms with E-state index in [1.807, 2.05) is 30.3 Å². The van der Waals surface area contributed by atoms with Crippen molar-refractivity contribution in [2.45, 2.75) is 25.3 Å². The molecule has 1 aromatic rings. The van der Waals surface area contributed by atoms with Gasteiger partial charge in [0.25, 0.3) is 0 Å². The maximum atomic E-state index is 12.1. The summed E-state index contributed by atoms with van der Waals surface area (Å²) in [5.41, 5.74) is 0.880. The molecule has 1 unspecified atom stereocenters. The van der Waals surface area contributed by atoms with Gasteiger partial charge < -0.3 is 4.74 Å². The average Bonchev–Trinajstić information content (AvgIpc) is 2.45. The van der Waals surface area contributed by atoms with Gasteiger partial charge >= 0.3 is 5.97 Å². The molecule has 0 spiro atoms. The molecule has 0 saturated carbocycles. The second-order valence-corrected chi connectivity index (χ2v) is 9.72. The lowest BCUT2D eigenvalue weighted by Gasteiger charge is -2.18. The molecule has 0 aliphatic rings. The highest BCUT2D eigenvalue weighted by atomic mass is 32.2. The molecule has 136 valence electrons. The number of carbonyl (C=O) groups is 1. The second-order valence-electron chi connectivity index (χ2n) is 5.59. The Balaban J connectivity index is 2.73. The van der Waals surface area contributed by atoms with Crippen LogP contribution < -0.4 is 4.72 Å². The van der Waals surface area contributed by atoms with E-state index in [4.69, 9.17) is 0 Å². The van der Waals surface area contributed by atoms with Crippen LogP contribution in [-0.2, 0) is 35.8 Å². The Hall–Kier alpha value is -1.45. The van der Waals surface area contributed by atoms with E-state index in [2.05, 4.69) is 9.46 Å². The smallest absolute Gasteiger partial charge is 0.307 e. The molecule has 24 heavy (non-hydrogen) atoms. The van der Waals surface area contributed by atoms with Crippen LogP contribution in [0.2, 0.25) is 0 Å². The third-order valence-electron chi connectivity index (χ3n) is 3.24. The number of rotatable bonds is 10. The highest BCUT2D eigenvalue weighted by Gasteiger charge is 2.21. The van der Waals surface area contributed by atoms with Gasteiger partial charge in [-0.25, -0.2) is 21.6 Å². The summed E-state index contributed by atoms with van der Waals surface area (Å²) in [6.07, 6.45) is 1.30. The van der Waals surface area contributed by atoms with Crippen molar-refractivity contribution in [1.29, 1.82) is 0 Å². The Morgan fingerprint density at radius 2 is 1.75 bits per heavy atom. The number of esters is 1. The number of ether oxygens (including phenoxy) is 1. The van der Waals surface area contributed by atoms with Crippen molar-refractivity contribution in [3.05, 3.63) is 35.9 Å². The van der Waals surface area contributed by atoms with E-state index >= 15 is 0 Å². The van der Waals surface area contributed by atoms with Crippen LogP contribution >= 0.6 is 0 Å². The molecule has 7 nitrogen and oxygen atoms in total. The van der Waals surface area contributed by atoms with Crippen LogP contribution in [0.25, 0.3) is 0 Å². The van der Waals surface area contributed by atoms with Gasteiger partial charge in [-0.05, 0) is 18.4 Å². The van der Waals surface area contributed by atoms with Gasteiger partial charge in [0.05, 0.1) is 25.0 Å². The van der Waals surface area contributed by atoms with Crippen molar-refractivity contribution in [3.8, 4) is 0 Å². The summed E-state index contributed by atoms with van der Waals surface area (Å²) in [6.45, 7) is 0. The number of hydrogen-bond donors (Lipinski definition) is 1. The quantitative estimate of drug-likeness (QED) is 0.596. The van der Waals surface area contributed by atoms with Gasteiger partial charge in [-0.2, -0.15) is 0 Å². The first kappa shape index (κ1) is 20.6. The fraction of sp³-hybridized carbons (Fsp3) is 0.533. The first-order chi connectivity index (χ1) is 11.1. The molecule has 0 saturated heterocycles. The van der Waals surface area contributed by atoms with E-state index in [0.717, 1.165) is 11.8 Å². The normalized spacial score (nSPS) is 13.4. The monoisotopic (exact) mass is 377 g/mol. The number of methoxy groups -OCH3 is 1. The molecule has 9 heteroatoms. The number of benzene rings is 1. The Morgan fingerprint density at radius 1 is 1.12 bits per heavy atom. The average molecular weight is 377 g/mol. The van der Waals surface area contributed by atoms with Gasteiger partial charge in [0, 0.05) is 12.3 Å². The van der Waals surface area contributed by atoms with Gasteiger partial charge in [0.2, 0.25) is 10.0 Å². The lowest BCUT2D eigenvalue weighted by Crippen LogP contribution is -2.39. The van der Waals surface area contributed by atoms with Gasteiger partial charge in [-0.1, -0.05) is 30.3 Å². The molecule has 0 aliphatic carbocycles. The molecule has 0 amide bonds. The minimum atomic E-state index is -3.70. The van der Waals surface area contributed by atoms with Crippen LogP contribution in [0.5, 0.6) is 0 Å². The fourth-order valence-corrected chi connectivity index (χ4v) is 4.33. The Morgan fingerprint density at radius 3 is 2.29 bits per heavy atom. The zero-order valence-electron chi connectivity index (χ0n) is 13.8. The summed E-state index contributed by atoms with van der Waals surface area (Å²) >= 11 is 0. The number of nitrogens with one attached hydrogen (secondary N) is 1. The highest BCUT2D eigenvalue weighted by molar-refractivity contribution is 7.91. The van der Waals surface area contributed by atoms with Crippen molar-refractivity contribution in [1.82, 2.24) is 4.72 Å². The van der Waals surface area contributed by atoms with Crippen molar-refractivity contribution < 1.29 is 26.4 Å². The first-order valence-electron chi connectivity index (χ1n) is 7.40. The minimum Gasteiger partial charge on any atom is -0.469 e. The van der Waals surface area contributed by atoms with Crippen LogP contribution in [0, 0.1) is 0 Å². The zero-order valence-corrected chi connectivity index (χ0v) is 15.4. The predicted molar refractivity (Wildman–Crippen MR) is 91.8 cm³/mol. The summed E-state index contributed by atoms with van der Waals surface area (Å²) in [6, 6.07) is 8.51. The van der Waals surface area contributed by atoms with E-state index in [1.54, 1.807) is 0 Å². The zero-order chi connectivity index (χ0) is 18.2. The van der Waals surface area contributed by atoms with Crippen molar-refractivity contribution in [3.63, 3.8) is 0 Å². The Labute approximate surface area is 143 Å². The maximum absolute atomic E-state index is 12.1. The minimum absolute atomic E-state index is 0.00441. The SMILES string of the molecule is COC(=O)CC(Cc1ccccc1)NS(=O)(=O)CCCS(C)(=O)=O. The summed E-state index contributed by atoms with van der Waals surface area (Å²) in [5, 5.41) is 0. The van der Waals surface area contributed by atoms with E-state index in [0.29, 0.717) is 6.42 Å². The third kappa shape index (κ3) is 8.99. The molecular weight excluding hydrogens is 354 g/mol. The number of carbonyl (C=O) groups excluding carboxylic acids is 1. The maximum Gasteiger partial charge on any atom is 0.307 e.